The van der Waals surface area contributed by atoms with Crippen molar-refractivity contribution in [1.82, 2.24) is 10.6 Å². The third-order valence-electron chi connectivity index (χ3n) is 11.4. The molecule has 0 unspecified atom stereocenters. The predicted molar refractivity (Wildman–Crippen MR) is 230 cm³/mol. The molecule has 0 radical (unpaired) electrons. The Labute approximate surface area is 371 Å². The summed E-state index contributed by atoms with van der Waals surface area (Å²) in [4.78, 5) is 78.3. The Morgan fingerprint density at radius 1 is 0.922 bits per heavy atom. The second kappa shape index (κ2) is 18.9. The first-order valence-electron chi connectivity index (χ1n) is 21.4. The van der Waals surface area contributed by atoms with Crippen LogP contribution in [-0.4, -0.2) is 95.9 Å². The molecule has 2 saturated heterocycles. The molecule has 338 valence electrons. The second-order valence-electron chi connectivity index (χ2n) is 18.2. The van der Waals surface area contributed by atoms with Gasteiger partial charge in [0.1, 0.15) is 30.5 Å². The molecule has 2 heterocycles. The third-order valence-corrected chi connectivity index (χ3v) is 11.4. The van der Waals surface area contributed by atoms with Gasteiger partial charge in [0.25, 0.3) is 5.91 Å². The third kappa shape index (κ3) is 11.0. The lowest BCUT2D eigenvalue weighted by atomic mass is 9.90. The molecule has 5 atom stereocenters. The fourth-order valence-electron chi connectivity index (χ4n) is 8.22. The van der Waals surface area contributed by atoms with Crippen LogP contribution < -0.4 is 10.6 Å². The van der Waals surface area contributed by atoms with Gasteiger partial charge in [-0.1, -0.05) is 68.4 Å². The van der Waals surface area contributed by atoms with Crippen molar-refractivity contribution in [3.8, 4) is 0 Å². The SMILES string of the molecule is CC(C)(C)OC(=O)CC[C@@H](CO)NC(=O)c1cccc(CNC(=O)C2=C[C@H]3OC4(Cc5ccccc5C4)O[C@H]3[C@H](OC(=O)c3ccccc3C=CC(=O)O[C@H]3C(=O)OCC3(C)C)C2)c1. The van der Waals surface area contributed by atoms with E-state index in [0.717, 1.165) is 17.2 Å². The number of carbonyl (C=O) groups is 6. The van der Waals surface area contributed by atoms with Gasteiger partial charge in [-0.3, -0.25) is 14.4 Å². The van der Waals surface area contributed by atoms with Crippen molar-refractivity contribution >= 4 is 41.8 Å². The van der Waals surface area contributed by atoms with Crippen LogP contribution in [0.1, 0.15) is 96.9 Å². The van der Waals surface area contributed by atoms with E-state index in [1.807, 2.05) is 24.3 Å². The number of esters is 4. The molecule has 2 aliphatic carbocycles. The minimum absolute atomic E-state index is 0.00295. The zero-order chi connectivity index (χ0) is 45.8. The van der Waals surface area contributed by atoms with E-state index in [0.29, 0.717) is 35.1 Å². The molecule has 0 aromatic heterocycles. The van der Waals surface area contributed by atoms with Crippen molar-refractivity contribution in [2.45, 2.75) is 115 Å². The molecule has 3 aromatic carbocycles. The average Bonchev–Trinajstić information content (AvgIpc) is 3.89. The minimum atomic E-state index is -1.07. The van der Waals surface area contributed by atoms with Crippen molar-refractivity contribution in [1.29, 1.82) is 0 Å². The second-order valence-corrected chi connectivity index (χ2v) is 18.2. The molecule has 2 fully saturated rings. The molecule has 15 heteroatoms. The maximum atomic E-state index is 14.0. The zero-order valence-electron chi connectivity index (χ0n) is 36.6. The van der Waals surface area contributed by atoms with Gasteiger partial charge in [0.05, 0.1) is 18.2 Å². The van der Waals surface area contributed by atoms with E-state index >= 15 is 0 Å². The molecular weight excluding hydrogens is 825 g/mol. The van der Waals surface area contributed by atoms with Crippen molar-refractivity contribution in [2.24, 2.45) is 5.41 Å². The molecular formula is C49H54N2O13. The Hall–Kier alpha value is -6.16. The van der Waals surface area contributed by atoms with Gasteiger partial charge >= 0.3 is 23.9 Å². The fourth-order valence-corrected chi connectivity index (χ4v) is 8.22. The molecule has 64 heavy (non-hydrogen) atoms. The number of hydrogen-bond donors (Lipinski definition) is 3. The van der Waals surface area contributed by atoms with Crippen LogP contribution in [0.2, 0.25) is 0 Å². The zero-order valence-corrected chi connectivity index (χ0v) is 36.6. The lowest BCUT2D eigenvalue weighted by molar-refractivity contribution is -0.172. The highest BCUT2D eigenvalue weighted by atomic mass is 16.8. The number of aliphatic hydroxyl groups is 1. The summed E-state index contributed by atoms with van der Waals surface area (Å²) < 4.78 is 35.2. The topological polar surface area (TPSA) is 202 Å². The highest BCUT2D eigenvalue weighted by Gasteiger charge is 2.55. The number of rotatable bonds is 14. The Morgan fingerprint density at radius 3 is 2.33 bits per heavy atom. The summed E-state index contributed by atoms with van der Waals surface area (Å²) in [6.07, 6.45) is 1.88. The molecule has 15 nitrogen and oxygen atoms in total. The minimum Gasteiger partial charge on any atom is -0.462 e. The molecule has 0 bridgehead atoms. The number of aliphatic hydroxyl groups excluding tert-OH is 1. The van der Waals surface area contributed by atoms with E-state index < -0.39 is 83.0 Å². The summed E-state index contributed by atoms with van der Waals surface area (Å²) in [7, 11) is 0. The monoisotopic (exact) mass is 878 g/mol. The van der Waals surface area contributed by atoms with Gasteiger partial charge in [-0.15, -0.1) is 0 Å². The van der Waals surface area contributed by atoms with Crippen LogP contribution in [0.15, 0.2) is 90.5 Å². The summed E-state index contributed by atoms with van der Waals surface area (Å²) in [5, 5.41) is 15.6. The van der Waals surface area contributed by atoms with E-state index in [4.69, 9.17) is 28.4 Å². The molecule has 3 N–H and O–H groups in total. The van der Waals surface area contributed by atoms with Crippen LogP contribution in [-0.2, 0) is 67.0 Å². The van der Waals surface area contributed by atoms with Gasteiger partial charge in [0, 0.05) is 54.9 Å². The Bertz CT molecular complexity index is 2340. The normalized spacial score (nSPS) is 22.2. The van der Waals surface area contributed by atoms with E-state index in [1.165, 1.54) is 6.08 Å². The van der Waals surface area contributed by atoms with Gasteiger partial charge in [0.2, 0.25) is 12.0 Å². The quantitative estimate of drug-likeness (QED) is 0.113. The van der Waals surface area contributed by atoms with Gasteiger partial charge < -0.3 is 44.2 Å². The predicted octanol–water partition coefficient (Wildman–Crippen LogP) is 4.86. The van der Waals surface area contributed by atoms with Crippen LogP contribution in [0.4, 0.5) is 0 Å². The number of fused-ring (bicyclic) bond motifs is 2. The van der Waals surface area contributed by atoms with Crippen molar-refractivity contribution in [3.63, 3.8) is 0 Å². The van der Waals surface area contributed by atoms with E-state index in [-0.39, 0.29) is 44.6 Å². The van der Waals surface area contributed by atoms with Crippen LogP contribution in [0.5, 0.6) is 0 Å². The molecule has 2 amide bonds. The summed E-state index contributed by atoms with van der Waals surface area (Å²) >= 11 is 0. The summed E-state index contributed by atoms with van der Waals surface area (Å²) in [6, 6.07) is 20.4. The van der Waals surface area contributed by atoms with E-state index in [2.05, 4.69) is 10.6 Å². The largest absolute Gasteiger partial charge is 0.462 e. The molecule has 2 aliphatic heterocycles. The van der Waals surface area contributed by atoms with E-state index in [9.17, 15) is 33.9 Å². The lowest BCUT2D eigenvalue weighted by Gasteiger charge is -2.30. The molecule has 0 saturated carbocycles. The number of hydrogen-bond acceptors (Lipinski definition) is 13. The first-order chi connectivity index (χ1) is 30.4. The first kappa shape index (κ1) is 45.9. The van der Waals surface area contributed by atoms with Crippen molar-refractivity contribution in [3.05, 3.63) is 124 Å². The van der Waals surface area contributed by atoms with Crippen LogP contribution in [0, 0.1) is 5.41 Å². The maximum Gasteiger partial charge on any atom is 0.348 e. The summed E-state index contributed by atoms with van der Waals surface area (Å²) in [5.74, 6) is -4.49. The molecule has 3 aromatic rings. The van der Waals surface area contributed by atoms with Crippen LogP contribution in [0.25, 0.3) is 6.08 Å². The molecule has 7 rings (SSSR count). The van der Waals surface area contributed by atoms with Gasteiger partial charge in [-0.2, -0.15) is 0 Å². The number of cyclic esters (lactones) is 1. The highest BCUT2D eigenvalue weighted by molar-refractivity contribution is 5.97. The lowest BCUT2D eigenvalue weighted by Crippen LogP contribution is -2.43. The van der Waals surface area contributed by atoms with E-state index in [1.54, 1.807) is 89.2 Å². The number of carbonyl (C=O) groups excluding carboxylic acids is 6. The van der Waals surface area contributed by atoms with Gasteiger partial charge in [-0.05, 0) is 79.8 Å². The number of benzene rings is 3. The van der Waals surface area contributed by atoms with Gasteiger partial charge in [0.15, 0.2) is 5.79 Å². The number of ether oxygens (including phenoxy) is 6. The average molecular weight is 879 g/mol. The summed E-state index contributed by atoms with van der Waals surface area (Å²) in [5.41, 5.74) is 2.53. The number of amides is 2. The van der Waals surface area contributed by atoms with Crippen LogP contribution >= 0.6 is 0 Å². The Balaban J connectivity index is 1.03. The standard InChI is InChI=1S/C49H54N2O13/c1-47(2,3)63-40(54)20-18-35(27-52)51-44(56)31-15-10-11-29(21-31)26-50-43(55)34-22-37(41-38(23-34)62-49(64-41)24-32-13-6-7-14-33(32)25-49)60-45(57)36-16-9-8-12-30(36)17-19-39(53)61-42-46(58)59-28-48(42,4)5/h6-17,19,21,23,35,37-38,41-42,52H,18,20,22,24-28H2,1-5H3,(H,50,55)(H,51,56)/t35-,37+,38+,41-,42-/m0/s1. The van der Waals surface area contributed by atoms with Crippen molar-refractivity contribution < 1.29 is 62.3 Å². The first-order valence-corrected chi connectivity index (χ1v) is 21.4. The smallest absolute Gasteiger partial charge is 0.348 e. The van der Waals surface area contributed by atoms with Gasteiger partial charge in [-0.25, -0.2) is 14.4 Å². The number of nitrogens with one attached hydrogen (secondary N) is 2. The fraction of sp³-hybridized carbons (Fsp3) is 0.429. The molecule has 4 aliphatic rings. The Morgan fingerprint density at radius 2 is 1.64 bits per heavy atom. The van der Waals surface area contributed by atoms with Crippen LogP contribution in [0.3, 0.4) is 0 Å². The van der Waals surface area contributed by atoms with Crippen molar-refractivity contribution in [2.75, 3.05) is 13.2 Å². The molecule has 1 spiro atoms. The Kier molecular flexibility index (Phi) is 13.5. The maximum absolute atomic E-state index is 14.0. The highest BCUT2D eigenvalue weighted by Crippen LogP contribution is 2.45. The summed E-state index contributed by atoms with van der Waals surface area (Å²) in [6.45, 7) is 8.60.